The first-order valence-electron chi connectivity index (χ1n) is 12.0. The van der Waals surface area contributed by atoms with Crippen molar-refractivity contribution < 1.29 is 14.3 Å². The maximum Gasteiger partial charge on any atom is 0.254 e. The van der Waals surface area contributed by atoms with Gasteiger partial charge in [-0.3, -0.25) is 14.7 Å². The highest BCUT2D eigenvalue weighted by molar-refractivity contribution is 5.97. The zero-order chi connectivity index (χ0) is 25.8. The quantitative estimate of drug-likeness (QED) is 0.629. The Hall–Kier alpha value is -3.68. The van der Waals surface area contributed by atoms with Gasteiger partial charge in [0, 0.05) is 43.7 Å². The molecule has 2 aliphatic rings. The Labute approximate surface area is 211 Å². The summed E-state index contributed by atoms with van der Waals surface area (Å²) in [4.78, 5) is 24.9. The fourth-order valence-corrected chi connectivity index (χ4v) is 4.26. The van der Waals surface area contributed by atoms with Gasteiger partial charge in [-0.05, 0) is 51.0 Å². The number of nitriles is 1. The fourth-order valence-electron chi connectivity index (χ4n) is 4.26. The molecule has 0 spiro atoms. The minimum Gasteiger partial charge on any atom is -0.478 e. The van der Waals surface area contributed by atoms with Crippen molar-refractivity contribution in [3.8, 4) is 11.9 Å². The lowest BCUT2D eigenvalue weighted by molar-refractivity contribution is -0.00621. The first kappa shape index (κ1) is 25.4. The molecular formula is C26H31N7O3. The molecule has 0 saturated carbocycles. The molecule has 0 aliphatic carbocycles. The van der Waals surface area contributed by atoms with Crippen LogP contribution in [0.15, 0.2) is 41.3 Å². The lowest BCUT2D eigenvalue weighted by Crippen LogP contribution is -2.65. The van der Waals surface area contributed by atoms with E-state index in [9.17, 15) is 10.1 Å². The van der Waals surface area contributed by atoms with E-state index < -0.39 is 11.1 Å². The summed E-state index contributed by atoms with van der Waals surface area (Å²) in [5.74, 6) is 0.245. The van der Waals surface area contributed by atoms with Crippen LogP contribution < -0.4 is 10.1 Å². The molecule has 36 heavy (non-hydrogen) atoms. The van der Waals surface area contributed by atoms with Crippen molar-refractivity contribution in [3.63, 3.8) is 0 Å². The molecule has 10 heteroatoms. The number of nitrogens with one attached hydrogen (secondary N) is 1. The van der Waals surface area contributed by atoms with E-state index >= 15 is 0 Å². The minimum atomic E-state index is -0.873. The van der Waals surface area contributed by atoms with E-state index in [1.807, 2.05) is 32.2 Å². The summed E-state index contributed by atoms with van der Waals surface area (Å²) in [7, 11) is 0. The van der Waals surface area contributed by atoms with Gasteiger partial charge < -0.3 is 14.8 Å². The number of pyridine rings is 1. The van der Waals surface area contributed by atoms with Crippen LogP contribution in [0.4, 0.5) is 0 Å². The van der Waals surface area contributed by atoms with Crippen molar-refractivity contribution in [3.05, 3.63) is 53.1 Å². The van der Waals surface area contributed by atoms with Crippen molar-refractivity contribution in [2.75, 3.05) is 32.9 Å². The third kappa shape index (κ3) is 5.27. The molecule has 2 aliphatic heterocycles. The monoisotopic (exact) mass is 489 g/mol. The molecule has 2 aromatic heterocycles. The second kappa shape index (κ2) is 10.5. The van der Waals surface area contributed by atoms with Crippen molar-refractivity contribution in [1.82, 2.24) is 25.4 Å². The number of morpholine rings is 1. The zero-order valence-corrected chi connectivity index (χ0v) is 21.1. The summed E-state index contributed by atoms with van der Waals surface area (Å²) in [6.07, 6.45) is 5.50. The summed E-state index contributed by atoms with van der Waals surface area (Å²) in [5, 5.41) is 20.8. The molecule has 0 bridgehead atoms. The number of carbonyl (C=O) groups is 1. The third-order valence-electron chi connectivity index (χ3n) is 6.47. The normalized spacial score (nSPS) is 20.6. The van der Waals surface area contributed by atoms with Gasteiger partial charge >= 0.3 is 0 Å². The Morgan fingerprint density at radius 3 is 2.75 bits per heavy atom. The van der Waals surface area contributed by atoms with Crippen LogP contribution in [-0.4, -0.2) is 70.8 Å². The van der Waals surface area contributed by atoms with Gasteiger partial charge in [0.1, 0.15) is 5.66 Å². The number of ether oxygens (including phenoxy) is 2. The second-order valence-electron chi connectivity index (χ2n) is 9.36. The molecule has 2 aromatic rings. The highest BCUT2D eigenvalue weighted by Crippen LogP contribution is 2.34. The van der Waals surface area contributed by atoms with Gasteiger partial charge in [-0.1, -0.05) is 0 Å². The summed E-state index contributed by atoms with van der Waals surface area (Å²) >= 11 is 0. The van der Waals surface area contributed by atoms with Crippen LogP contribution in [0, 0.1) is 11.3 Å². The lowest BCUT2D eigenvalue weighted by Gasteiger charge is -2.45. The van der Waals surface area contributed by atoms with Crippen LogP contribution in [0.3, 0.4) is 0 Å². The lowest BCUT2D eigenvalue weighted by atomic mass is 9.89. The highest BCUT2D eigenvalue weighted by atomic mass is 16.5. The molecule has 4 rings (SSSR count). The Bertz CT molecular complexity index is 1210. The number of hydrogen-bond acceptors (Lipinski definition) is 9. The largest absolute Gasteiger partial charge is 0.478 e. The molecule has 1 atom stereocenters. The summed E-state index contributed by atoms with van der Waals surface area (Å²) in [6.45, 7) is 10.3. The molecule has 1 saturated heterocycles. The average Bonchev–Trinajstić information content (AvgIpc) is 2.91. The van der Waals surface area contributed by atoms with Gasteiger partial charge in [-0.2, -0.15) is 15.5 Å². The van der Waals surface area contributed by atoms with Crippen molar-refractivity contribution >= 4 is 17.7 Å². The third-order valence-corrected chi connectivity index (χ3v) is 6.47. The topological polar surface area (TPSA) is 126 Å². The van der Waals surface area contributed by atoms with E-state index in [0.717, 1.165) is 16.8 Å². The molecule has 4 heterocycles. The Balaban J connectivity index is 1.66. The number of amides is 1. The van der Waals surface area contributed by atoms with Gasteiger partial charge in [0.05, 0.1) is 48.8 Å². The first-order valence-corrected chi connectivity index (χ1v) is 12.0. The minimum absolute atomic E-state index is 0.318. The standard InChI is InChI=1S/C26H31N7O3/c1-5-36-23-7-6-19(14-28-23)21-13-26(17-29-18(21)2,33-8-10-35-11-9-33)31-24(34)20-12-22(32-30-15-20)25(3,4)16-27/h6-7,12,14-15,17H,5,8-11,13H2,1-4H3,(H,31,34). The highest BCUT2D eigenvalue weighted by Gasteiger charge is 2.41. The van der Waals surface area contributed by atoms with Crippen molar-refractivity contribution in [2.45, 2.75) is 45.2 Å². The van der Waals surface area contributed by atoms with Crippen molar-refractivity contribution in [2.24, 2.45) is 4.99 Å². The van der Waals surface area contributed by atoms with Gasteiger partial charge in [0.25, 0.3) is 5.91 Å². The van der Waals surface area contributed by atoms with Crippen LogP contribution in [0.5, 0.6) is 5.88 Å². The van der Waals surface area contributed by atoms with Gasteiger partial charge in [-0.25, -0.2) is 4.98 Å². The van der Waals surface area contributed by atoms with Crippen LogP contribution in [-0.2, 0) is 10.2 Å². The van der Waals surface area contributed by atoms with Crippen LogP contribution >= 0.6 is 0 Å². The SMILES string of the molecule is CCOc1ccc(C2=C(C)N=CC(NC(=O)c3cnnc(C(C)(C)C#N)c3)(N3CCOCC3)C2)cn1. The number of aliphatic imine (C=N–C) groups is 1. The van der Waals surface area contributed by atoms with E-state index in [2.05, 4.69) is 31.5 Å². The van der Waals surface area contributed by atoms with Gasteiger partial charge in [0.15, 0.2) is 0 Å². The maximum absolute atomic E-state index is 13.5. The molecule has 0 radical (unpaired) electrons. The van der Waals surface area contributed by atoms with Crippen LogP contribution in [0.1, 0.15) is 55.7 Å². The number of allylic oxidation sites excluding steroid dienone is 1. The average molecular weight is 490 g/mol. The number of aromatic nitrogens is 3. The first-order chi connectivity index (χ1) is 17.3. The molecule has 188 valence electrons. The van der Waals surface area contributed by atoms with Gasteiger partial charge in [-0.15, -0.1) is 0 Å². The predicted molar refractivity (Wildman–Crippen MR) is 134 cm³/mol. The number of hydrogen-bond donors (Lipinski definition) is 1. The Morgan fingerprint density at radius 2 is 2.08 bits per heavy atom. The fraction of sp³-hybridized carbons (Fsp3) is 0.462. The summed E-state index contributed by atoms with van der Waals surface area (Å²) in [6, 6.07) is 7.63. The predicted octanol–water partition coefficient (Wildman–Crippen LogP) is 2.74. The molecule has 0 aromatic carbocycles. The molecule has 1 unspecified atom stereocenters. The number of nitrogens with zero attached hydrogens (tertiary/aromatic N) is 6. The molecule has 1 fully saturated rings. The molecule has 1 amide bonds. The second-order valence-corrected chi connectivity index (χ2v) is 9.36. The molecular weight excluding hydrogens is 458 g/mol. The number of carbonyl (C=O) groups excluding carboxylic acids is 1. The maximum atomic E-state index is 13.5. The summed E-state index contributed by atoms with van der Waals surface area (Å²) < 4.78 is 11.1. The summed E-state index contributed by atoms with van der Waals surface area (Å²) in [5.41, 5.74) is 1.80. The zero-order valence-electron chi connectivity index (χ0n) is 21.1. The van der Waals surface area contributed by atoms with Crippen molar-refractivity contribution in [1.29, 1.82) is 5.26 Å². The van der Waals surface area contributed by atoms with E-state index in [1.165, 1.54) is 6.20 Å². The molecule has 1 N–H and O–H groups in total. The Kier molecular flexibility index (Phi) is 7.43. The van der Waals surface area contributed by atoms with E-state index in [1.54, 1.807) is 26.1 Å². The van der Waals surface area contributed by atoms with Gasteiger partial charge in [0.2, 0.25) is 5.88 Å². The van der Waals surface area contributed by atoms with Crippen LogP contribution in [0.25, 0.3) is 5.57 Å². The van der Waals surface area contributed by atoms with E-state index in [-0.39, 0.29) is 5.91 Å². The Morgan fingerprint density at radius 1 is 1.31 bits per heavy atom. The number of rotatable bonds is 7. The smallest absolute Gasteiger partial charge is 0.254 e. The van der Waals surface area contributed by atoms with Crippen LogP contribution in [0.2, 0.25) is 0 Å². The van der Waals surface area contributed by atoms with E-state index in [4.69, 9.17) is 14.5 Å². The molecule has 10 nitrogen and oxygen atoms in total. The van der Waals surface area contributed by atoms with E-state index in [0.29, 0.717) is 56.5 Å².